The van der Waals surface area contributed by atoms with Crippen molar-refractivity contribution in [3.05, 3.63) is 168 Å². The van der Waals surface area contributed by atoms with Crippen LogP contribution in [0.15, 0.2) is 114 Å². The smallest absolute Gasteiger partial charge is 0.253 e. The van der Waals surface area contributed by atoms with E-state index < -0.39 is 23.3 Å². The summed E-state index contributed by atoms with van der Waals surface area (Å²) in [5.74, 6) is -2.26. The lowest BCUT2D eigenvalue weighted by Crippen LogP contribution is -2.27. The van der Waals surface area contributed by atoms with Crippen molar-refractivity contribution in [1.82, 2.24) is 9.80 Å². The molecule has 0 radical (unpaired) electrons. The summed E-state index contributed by atoms with van der Waals surface area (Å²) in [5.41, 5.74) is 3.73. The maximum atomic E-state index is 14.4. The molecule has 328 valence electrons. The van der Waals surface area contributed by atoms with Gasteiger partial charge in [0.15, 0.2) is 0 Å². The minimum atomic E-state index is -0.667. The Bertz CT molecular complexity index is 2560. The van der Waals surface area contributed by atoms with Gasteiger partial charge < -0.3 is 20.0 Å². The fraction of sp³-hybridized carbons (Fsp3) is 0.208. The van der Waals surface area contributed by atoms with E-state index in [1.54, 1.807) is 53.4 Å². The Morgan fingerprint density at radius 2 is 1.03 bits per heavy atom. The average molecular weight is 1050 g/mol. The monoisotopic (exact) mass is 1050 g/mol. The van der Waals surface area contributed by atoms with Gasteiger partial charge in [-0.2, -0.15) is 12.6 Å². The van der Waals surface area contributed by atoms with Gasteiger partial charge in [-0.15, -0.1) is 11.8 Å². The van der Waals surface area contributed by atoms with Crippen LogP contribution in [0, 0.1) is 26.8 Å². The Labute approximate surface area is 396 Å². The second-order valence-corrected chi connectivity index (χ2v) is 17.9. The van der Waals surface area contributed by atoms with Gasteiger partial charge in [0.05, 0.1) is 18.5 Å². The van der Waals surface area contributed by atoms with Crippen LogP contribution < -0.4 is 0 Å². The quantitative estimate of drug-likeness (QED) is 0.0612. The summed E-state index contributed by atoms with van der Waals surface area (Å²) in [5, 5.41) is 20.2. The predicted molar refractivity (Wildman–Crippen MR) is 255 cm³/mol. The molecule has 63 heavy (non-hydrogen) atoms. The minimum absolute atomic E-state index is 0.00249. The molecule has 6 aromatic rings. The summed E-state index contributed by atoms with van der Waals surface area (Å²) < 4.78 is 56.2. The number of phenols is 2. The number of carbonyl (C=O) groups excluding carboxylic acids is 2. The molecule has 2 N–H and O–H groups in total. The fourth-order valence-corrected chi connectivity index (χ4v) is 9.47. The molecule has 6 aromatic carbocycles. The van der Waals surface area contributed by atoms with E-state index in [0.29, 0.717) is 54.9 Å². The van der Waals surface area contributed by atoms with Gasteiger partial charge >= 0.3 is 0 Å². The first kappa shape index (κ1) is 48.1. The number of amides is 2. The van der Waals surface area contributed by atoms with Gasteiger partial charge in [0.1, 0.15) is 34.8 Å². The van der Waals surface area contributed by atoms with Crippen LogP contribution in [0.4, 0.5) is 17.6 Å². The highest BCUT2D eigenvalue weighted by Crippen LogP contribution is 2.39. The molecule has 2 aliphatic heterocycles. The Morgan fingerprint density at radius 1 is 0.603 bits per heavy atom. The number of aromatic hydroxyl groups is 2. The molecule has 0 aromatic heterocycles. The number of likely N-dealkylation sites (tertiary alicyclic amines) is 2. The van der Waals surface area contributed by atoms with E-state index in [0.717, 1.165) is 68.2 Å². The zero-order valence-corrected chi connectivity index (χ0v) is 39.0. The van der Waals surface area contributed by atoms with Crippen LogP contribution in [0.5, 0.6) is 11.5 Å². The maximum absolute atomic E-state index is 14.4. The molecule has 2 saturated heterocycles. The van der Waals surface area contributed by atoms with Gasteiger partial charge in [-0.3, -0.25) is 9.59 Å². The third kappa shape index (κ3) is 12.2. The number of phenolic OH excluding ortho intramolecular Hbond substituents is 2. The van der Waals surface area contributed by atoms with Crippen molar-refractivity contribution in [3.63, 3.8) is 0 Å². The lowest BCUT2D eigenvalue weighted by molar-refractivity contribution is 0.0785. The summed E-state index contributed by atoms with van der Waals surface area (Å²) in [7, 11) is 0. The molecule has 2 heterocycles. The zero-order chi connectivity index (χ0) is 45.2. The van der Waals surface area contributed by atoms with E-state index in [4.69, 9.17) is 23.2 Å². The summed E-state index contributed by atoms with van der Waals surface area (Å²) in [6.07, 6.45) is 4.06. The van der Waals surface area contributed by atoms with Gasteiger partial charge in [0, 0.05) is 72.1 Å². The maximum Gasteiger partial charge on any atom is 0.253 e. The van der Waals surface area contributed by atoms with Gasteiger partial charge in [0.25, 0.3) is 11.8 Å². The van der Waals surface area contributed by atoms with Crippen LogP contribution in [0.1, 0.15) is 57.5 Å². The van der Waals surface area contributed by atoms with E-state index in [1.165, 1.54) is 24.3 Å². The van der Waals surface area contributed by atoms with Crippen molar-refractivity contribution in [3.8, 4) is 33.8 Å². The first-order chi connectivity index (χ1) is 30.2. The molecule has 0 saturated carbocycles. The van der Waals surface area contributed by atoms with Crippen LogP contribution >= 0.6 is 70.2 Å². The Kier molecular flexibility index (Phi) is 17.1. The van der Waals surface area contributed by atoms with Gasteiger partial charge in [-0.1, -0.05) is 83.9 Å². The SMILES string of the molecule is Fc1cc(F)c(-c2ccccc2)cc1CS.O=C(c1cc(Cl)c(O)c(I)c1)N1CCCC1.O=C(c1cc(Cl)c(O)c(SCc2cc(-c3ccccc3)c(F)cc2F)c1)N1CCCC1. The molecule has 0 bridgehead atoms. The van der Waals surface area contributed by atoms with Crippen LogP contribution in [0.25, 0.3) is 22.3 Å². The number of halogens is 7. The highest BCUT2D eigenvalue weighted by atomic mass is 127. The Hall–Kier alpha value is -4.41. The minimum Gasteiger partial charge on any atom is -0.505 e. The number of rotatable bonds is 8. The number of benzene rings is 6. The Balaban J connectivity index is 0.000000173. The number of thioether (sulfide) groups is 1. The van der Waals surface area contributed by atoms with E-state index in [1.807, 2.05) is 51.8 Å². The molecule has 6 nitrogen and oxygen atoms in total. The van der Waals surface area contributed by atoms with E-state index >= 15 is 0 Å². The molecule has 2 fully saturated rings. The van der Waals surface area contributed by atoms with Crippen molar-refractivity contribution in [2.45, 2.75) is 42.1 Å². The van der Waals surface area contributed by atoms with Gasteiger partial charge in [-0.05, 0) is 107 Å². The summed E-state index contributed by atoms with van der Waals surface area (Å²) >= 11 is 19.1. The van der Waals surface area contributed by atoms with E-state index in [9.17, 15) is 37.4 Å². The summed E-state index contributed by atoms with van der Waals surface area (Å²) in [6, 6.07) is 29.0. The average Bonchev–Trinajstić information content (AvgIpc) is 4.04. The molecule has 0 aliphatic carbocycles. The Morgan fingerprint density at radius 3 is 1.49 bits per heavy atom. The molecular weight excluding hydrogens is 1010 g/mol. The predicted octanol–water partition coefficient (Wildman–Crippen LogP) is 13.5. The molecule has 15 heteroatoms. The van der Waals surface area contributed by atoms with Gasteiger partial charge in [0.2, 0.25) is 0 Å². The van der Waals surface area contributed by atoms with Gasteiger partial charge in [-0.25, -0.2) is 17.6 Å². The van der Waals surface area contributed by atoms with Crippen LogP contribution in [-0.2, 0) is 11.5 Å². The normalized spacial score (nSPS) is 13.3. The van der Waals surface area contributed by atoms with E-state index in [2.05, 4.69) is 12.6 Å². The zero-order valence-electron chi connectivity index (χ0n) is 33.6. The highest BCUT2D eigenvalue weighted by molar-refractivity contribution is 14.1. The molecule has 8 rings (SSSR count). The lowest BCUT2D eigenvalue weighted by Gasteiger charge is -2.17. The summed E-state index contributed by atoms with van der Waals surface area (Å²) in [6.45, 7) is 3.02. The van der Waals surface area contributed by atoms with Crippen molar-refractivity contribution in [1.29, 1.82) is 0 Å². The number of thiol groups is 1. The first-order valence-electron chi connectivity index (χ1n) is 19.8. The lowest BCUT2D eigenvalue weighted by atomic mass is 10.0. The molecule has 0 spiro atoms. The number of nitrogens with zero attached hydrogens (tertiary/aromatic N) is 2. The molecule has 2 amide bonds. The number of hydrogen-bond acceptors (Lipinski definition) is 6. The molecule has 0 unspecified atom stereocenters. The fourth-order valence-electron chi connectivity index (χ4n) is 6.95. The molecule has 0 atom stereocenters. The molecular formula is C48H41Cl2F4IN2O4S2. The standard InChI is InChI=1S/C24H20ClF2NO2S.C13H10F2S.C11H11ClINO2/c25-19-11-16(24(30)28-8-4-5-9-28)12-22(23(19)29)31-14-17-10-18(21(27)13-20(17)26)15-6-2-1-3-7-15;14-12-7-13(15)11(6-10(12)8-16)9-4-2-1-3-5-9;12-8-5-7(6-9(13)10(8)15)11(16)14-3-1-2-4-14/h1-3,6-7,10-13,29H,4-5,8-9,14H2;1-7,16H,8H2;5-6,15H,1-4H2. The van der Waals surface area contributed by atoms with Crippen LogP contribution in [-0.4, -0.2) is 58.0 Å². The van der Waals surface area contributed by atoms with Crippen molar-refractivity contribution >= 4 is 82.0 Å². The van der Waals surface area contributed by atoms with Crippen LogP contribution in [0.3, 0.4) is 0 Å². The van der Waals surface area contributed by atoms with E-state index in [-0.39, 0.29) is 50.4 Å². The number of hydrogen-bond donors (Lipinski definition) is 3. The topological polar surface area (TPSA) is 81.1 Å². The second kappa shape index (κ2) is 22.5. The highest BCUT2D eigenvalue weighted by Gasteiger charge is 2.23. The largest absolute Gasteiger partial charge is 0.505 e. The second-order valence-electron chi connectivity index (χ2n) is 14.6. The van der Waals surface area contributed by atoms with Crippen molar-refractivity contribution in [2.24, 2.45) is 0 Å². The third-order valence-corrected chi connectivity index (χ3v) is 13.1. The van der Waals surface area contributed by atoms with Crippen LogP contribution in [0.2, 0.25) is 10.0 Å². The summed E-state index contributed by atoms with van der Waals surface area (Å²) in [4.78, 5) is 28.7. The molecule has 2 aliphatic rings. The first-order valence-corrected chi connectivity index (χ1v) is 23.3. The van der Waals surface area contributed by atoms with Crippen molar-refractivity contribution in [2.75, 3.05) is 26.2 Å². The number of carbonyl (C=O) groups is 2. The third-order valence-electron chi connectivity index (χ3n) is 10.3. The van der Waals surface area contributed by atoms with Crippen molar-refractivity contribution < 1.29 is 37.4 Å².